The standard InChI is InChI=1S/C17H18N4O2/c1-11(2)9-18-17(23)13-10-19-21-15(22)8-14(20-16(13)21)12-6-4-3-5-7-12/h3-8,10-11,19H,9H2,1-2H3,(H,18,23). The van der Waals surface area contributed by atoms with Gasteiger partial charge in [0.15, 0.2) is 5.65 Å². The molecule has 3 aromatic rings. The molecule has 0 aliphatic rings. The molecule has 6 heteroatoms. The molecule has 0 bridgehead atoms. The maximum absolute atomic E-state index is 12.3. The second kappa shape index (κ2) is 6.08. The number of aromatic nitrogens is 3. The first kappa shape index (κ1) is 15.0. The van der Waals surface area contributed by atoms with Crippen LogP contribution in [0, 0.1) is 5.92 Å². The number of amides is 1. The van der Waals surface area contributed by atoms with Gasteiger partial charge in [0.2, 0.25) is 0 Å². The Morgan fingerprint density at radius 2 is 2.04 bits per heavy atom. The Kier molecular flexibility index (Phi) is 3.97. The van der Waals surface area contributed by atoms with E-state index < -0.39 is 0 Å². The van der Waals surface area contributed by atoms with E-state index in [0.717, 1.165) is 5.56 Å². The molecule has 0 spiro atoms. The third-order valence-corrected chi connectivity index (χ3v) is 3.48. The van der Waals surface area contributed by atoms with Gasteiger partial charge in [-0.05, 0) is 5.92 Å². The van der Waals surface area contributed by atoms with Crippen molar-refractivity contribution < 1.29 is 4.79 Å². The Labute approximate surface area is 133 Å². The fraction of sp³-hybridized carbons (Fsp3) is 0.235. The number of carbonyl (C=O) groups excluding carboxylic acids is 1. The molecule has 3 rings (SSSR count). The molecule has 0 fully saturated rings. The Morgan fingerprint density at radius 3 is 2.74 bits per heavy atom. The summed E-state index contributed by atoms with van der Waals surface area (Å²) in [5, 5.41) is 5.63. The fourth-order valence-electron chi connectivity index (χ4n) is 2.30. The summed E-state index contributed by atoms with van der Waals surface area (Å²) in [4.78, 5) is 29.0. The molecule has 2 heterocycles. The van der Waals surface area contributed by atoms with E-state index in [0.29, 0.717) is 29.4 Å². The average Bonchev–Trinajstić information content (AvgIpc) is 2.98. The second-order valence-corrected chi connectivity index (χ2v) is 5.80. The van der Waals surface area contributed by atoms with Crippen molar-refractivity contribution in [2.24, 2.45) is 5.92 Å². The minimum absolute atomic E-state index is 0.241. The van der Waals surface area contributed by atoms with Crippen molar-refractivity contribution >= 4 is 11.6 Å². The fourth-order valence-corrected chi connectivity index (χ4v) is 2.30. The summed E-state index contributed by atoms with van der Waals surface area (Å²) in [5.41, 5.74) is 1.82. The number of benzene rings is 1. The van der Waals surface area contributed by atoms with Gasteiger partial charge in [0.1, 0.15) is 5.56 Å². The van der Waals surface area contributed by atoms with Gasteiger partial charge in [0.05, 0.1) is 5.69 Å². The van der Waals surface area contributed by atoms with E-state index >= 15 is 0 Å². The summed E-state index contributed by atoms with van der Waals surface area (Å²) < 4.78 is 1.27. The third kappa shape index (κ3) is 3.01. The average molecular weight is 310 g/mol. The maximum atomic E-state index is 12.3. The van der Waals surface area contributed by atoms with Crippen molar-refractivity contribution in [3.8, 4) is 11.3 Å². The number of nitrogens with zero attached hydrogens (tertiary/aromatic N) is 2. The molecular formula is C17H18N4O2. The number of hydrogen-bond acceptors (Lipinski definition) is 3. The van der Waals surface area contributed by atoms with E-state index in [1.54, 1.807) is 0 Å². The predicted octanol–water partition coefficient (Wildman–Crippen LogP) is 2.08. The summed E-state index contributed by atoms with van der Waals surface area (Å²) in [6, 6.07) is 10.9. The highest BCUT2D eigenvalue weighted by Gasteiger charge is 2.16. The molecule has 0 saturated carbocycles. The number of rotatable bonds is 4. The molecule has 2 N–H and O–H groups in total. The smallest absolute Gasteiger partial charge is 0.273 e. The predicted molar refractivity (Wildman–Crippen MR) is 88.4 cm³/mol. The van der Waals surface area contributed by atoms with Gasteiger partial charge in [-0.1, -0.05) is 44.2 Å². The Balaban J connectivity index is 2.06. The minimum Gasteiger partial charge on any atom is -0.352 e. The molecule has 1 aromatic carbocycles. The van der Waals surface area contributed by atoms with Gasteiger partial charge >= 0.3 is 0 Å². The van der Waals surface area contributed by atoms with Gasteiger partial charge < -0.3 is 5.32 Å². The van der Waals surface area contributed by atoms with Crippen LogP contribution in [0.4, 0.5) is 0 Å². The molecule has 0 unspecified atom stereocenters. The van der Waals surface area contributed by atoms with Gasteiger partial charge in [-0.3, -0.25) is 14.7 Å². The lowest BCUT2D eigenvalue weighted by atomic mass is 10.1. The number of nitrogens with one attached hydrogen (secondary N) is 2. The number of carbonyl (C=O) groups is 1. The monoisotopic (exact) mass is 310 g/mol. The quantitative estimate of drug-likeness (QED) is 0.774. The second-order valence-electron chi connectivity index (χ2n) is 5.80. The van der Waals surface area contributed by atoms with Crippen molar-refractivity contribution in [2.45, 2.75) is 13.8 Å². The zero-order chi connectivity index (χ0) is 16.4. The lowest BCUT2D eigenvalue weighted by Gasteiger charge is -2.06. The van der Waals surface area contributed by atoms with Crippen LogP contribution in [-0.4, -0.2) is 27.0 Å². The van der Waals surface area contributed by atoms with E-state index in [-0.39, 0.29) is 11.5 Å². The summed E-state index contributed by atoms with van der Waals surface area (Å²) in [6.07, 6.45) is 1.51. The van der Waals surface area contributed by atoms with Gasteiger partial charge in [-0.15, -0.1) is 0 Å². The SMILES string of the molecule is CC(C)CNC(=O)c1c[nH]n2c(=O)cc(-c3ccccc3)nc12. The Bertz CT molecular complexity index is 894. The van der Waals surface area contributed by atoms with E-state index in [4.69, 9.17) is 0 Å². The highest BCUT2D eigenvalue weighted by molar-refractivity contribution is 5.99. The van der Waals surface area contributed by atoms with Gasteiger partial charge in [0.25, 0.3) is 11.5 Å². The molecule has 118 valence electrons. The molecule has 23 heavy (non-hydrogen) atoms. The van der Waals surface area contributed by atoms with Crippen LogP contribution in [0.15, 0.2) is 47.4 Å². The van der Waals surface area contributed by atoms with Crippen LogP contribution in [0.5, 0.6) is 0 Å². The van der Waals surface area contributed by atoms with E-state index in [1.165, 1.54) is 16.8 Å². The number of H-pyrrole nitrogens is 1. The molecule has 1 amide bonds. The molecule has 0 aliphatic heterocycles. The van der Waals surface area contributed by atoms with Crippen molar-refractivity contribution in [2.75, 3.05) is 6.54 Å². The van der Waals surface area contributed by atoms with Crippen LogP contribution in [0.2, 0.25) is 0 Å². The summed E-state index contributed by atoms with van der Waals surface area (Å²) in [7, 11) is 0. The Morgan fingerprint density at radius 1 is 1.30 bits per heavy atom. The molecule has 6 nitrogen and oxygen atoms in total. The normalized spacial score (nSPS) is 11.1. The highest BCUT2D eigenvalue weighted by atomic mass is 16.2. The highest BCUT2D eigenvalue weighted by Crippen LogP contribution is 2.16. The van der Waals surface area contributed by atoms with E-state index in [1.807, 2.05) is 44.2 Å². The first-order valence-corrected chi connectivity index (χ1v) is 7.51. The Hall–Kier alpha value is -2.89. The van der Waals surface area contributed by atoms with Crippen LogP contribution in [0.25, 0.3) is 16.9 Å². The molecule has 0 atom stereocenters. The zero-order valence-corrected chi connectivity index (χ0v) is 13.0. The van der Waals surface area contributed by atoms with Crippen LogP contribution in [0.3, 0.4) is 0 Å². The number of hydrogen-bond donors (Lipinski definition) is 2. The summed E-state index contributed by atoms with van der Waals surface area (Å²) in [5.74, 6) is 0.106. The topological polar surface area (TPSA) is 79.3 Å². The lowest BCUT2D eigenvalue weighted by molar-refractivity contribution is 0.0950. The first-order chi connectivity index (χ1) is 11.1. The molecule has 0 radical (unpaired) electrons. The van der Waals surface area contributed by atoms with Gasteiger partial charge in [-0.25, -0.2) is 9.50 Å². The molecular weight excluding hydrogens is 292 g/mol. The lowest BCUT2D eigenvalue weighted by Crippen LogP contribution is -2.27. The van der Waals surface area contributed by atoms with Gasteiger partial charge in [-0.2, -0.15) is 0 Å². The minimum atomic E-state index is -0.253. The molecule has 0 saturated heterocycles. The first-order valence-electron chi connectivity index (χ1n) is 7.51. The molecule has 0 aliphatic carbocycles. The van der Waals surface area contributed by atoms with E-state index in [9.17, 15) is 9.59 Å². The maximum Gasteiger partial charge on any atom is 0.273 e. The van der Waals surface area contributed by atoms with Crippen molar-refractivity contribution in [3.63, 3.8) is 0 Å². The van der Waals surface area contributed by atoms with Gasteiger partial charge in [0, 0.05) is 24.4 Å². The summed E-state index contributed by atoms with van der Waals surface area (Å²) >= 11 is 0. The zero-order valence-electron chi connectivity index (χ0n) is 13.0. The number of fused-ring (bicyclic) bond motifs is 1. The van der Waals surface area contributed by atoms with Crippen molar-refractivity contribution in [1.82, 2.24) is 19.9 Å². The summed E-state index contributed by atoms with van der Waals surface area (Å²) in [6.45, 7) is 4.61. The largest absolute Gasteiger partial charge is 0.352 e. The van der Waals surface area contributed by atoms with Crippen LogP contribution in [-0.2, 0) is 0 Å². The van der Waals surface area contributed by atoms with E-state index in [2.05, 4.69) is 15.4 Å². The van der Waals surface area contributed by atoms with Crippen molar-refractivity contribution in [1.29, 1.82) is 0 Å². The molecule has 2 aromatic heterocycles. The van der Waals surface area contributed by atoms with Crippen LogP contribution < -0.4 is 10.9 Å². The van der Waals surface area contributed by atoms with Crippen LogP contribution in [0.1, 0.15) is 24.2 Å². The third-order valence-electron chi connectivity index (χ3n) is 3.48. The van der Waals surface area contributed by atoms with Crippen molar-refractivity contribution in [3.05, 3.63) is 58.5 Å². The van der Waals surface area contributed by atoms with Crippen LogP contribution >= 0.6 is 0 Å². The number of aromatic amines is 1.